The van der Waals surface area contributed by atoms with Crippen molar-refractivity contribution in [2.24, 2.45) is 11.8 Å². The number of unbranched alkanes of at least 4 members (excludes halogenated alkanes) is 1. The second kappa shape index (κ2) is 16.1. The summed E-state index contributed by atoms with van der Waals surface area (Å²) in [6, 6.07) is 4.58. The molecular weight excluding hydrogens is 521 g/mol. The number of nitrogens with zero attached hydrogens (tertiary/aromatic N) is 1. The molecule has 0 heterocycles. The van der Waals surface area contributed by atoms with Gasteiger partial charge in [0, 0.05) is 18.8 Å². The second-order valence-corrected chi connectivity index (χ2v) is 9.92. The fraction of sp³-hybridized carbons (Fsp3) is 0.593. The van der Waals surface area contributed by atoms with Gasteiger partial charge >= 0.3 is 6.18 Å². The van der Waals surface area contributed by atoms with Crippen LogP contribution in [0, 0.1) is 11.8 Å². The van der Waals surface area contributed by atoms with E-state index in [4.69, 9.17) is 10.4 Å². The molecule has 0 radical (unpaired) electrons. The molecule has 0 aliphatic heterocycles. The minimum Gasteiger partial charge on any atom is -0.393 e. The summed E-state index contributed by atoms with van der Waals surface area (Å²) >= 11 is 0. The molecule has 1 amide bonds. The molecule has 0 saturated heterocycles. The monoisotopic (exact) mass is 560 g/mol. The standard InChI is InChI=1S/C27H39F3N2O7/c1-18(17-39-32(37)38)31-26(36)10-5-3-2-4-9-22-23(25(35)16-24(22)34)14-13-21(33)12-11-19-7-6-8-20(15-19)27(28,29)30/h2,4,6-8,13-15,18,21-25,33-35,37-38H,3,5,9-12,16-17H2,1H3,(H,31,36)/b4-2-,14-13+/t18?,21-,22+,23+,24-,25+/m0/s1. The van der Waals surface area contributed by atoms with Crippen molar-refractivity contribution < 1.29 is 48.5 Å². The molecular formula is C27H39F3N2O7. The van der Waals surface area contributed by atoms with Gasteiger partial charge in [-0.1, -0.05) is 42.5 Å². The minimum atomic E-state index is -4.42. The van der Waals surface area contributed by atoms with Crippen molar-refractivity contribution in [1.29, 1.82) is 0 Å². The van der Waals surface area contributed by atoms with Gasteiger partial charge in [0.25, 0.3) is 0 Å². The number of aryl methyl sites for hydroxylation is 1. The summed E-state index contributed by atoms with van der Waals surface area (Å²) in [5.74, 6) is -0.839. The number of carbonyl (C=O) groups is 1. The van der Waals surface area contributed by atoms with E-state index in [1.54, 1.807) is 19.1 Å². The van der Waals surface area contributed by atoms with Crippen LogP contribution in [0.2, 0.25) is 0 Å². The first-order chi connectivity index (χ1) is 18.4. The highest BCUT2D eigenvalue weighted by atomic mass is 19.4. The van der Waals surface area contributed by atoms with Gasteiger partial charge in [0.1, 0.15) is 0 Å². The van der Waals surface area contributed by atoms with Crippen LogP contribution in [0.5, 0.6) is 0 Å². The highest BCUT2D eigenvalue weighted by Gasteiger charge is 2.39. The smallest absolute Gasteiger partial charge is 0.393 e. The topological polar surface area (TPSA) is 143 Å². The zero-order valence-electron chi connectivity index (χ0n) is 21.9. The molecule has 1 saturated carbocycles. The summed E-state index contributed by atoms with van der Waals surface area (Å²) in [5, 5.41) is 50.4. The molecule has 1 aliphatic rings. The molecule has 6 atom stereocenters. The fourth-order valence-electron chi connectivity index (χ4n) is 4.60. The number of amides is 1. The van der Waals surface area contributed by atoms with Gasteiger partial charge in [-0.2, -0.15) is 13.2 Å². The average molecular weight is 561 g/mol. The number of hydrogen-bond acceptors (Lipinski definition) is 8. The largest absolute Gasteiger partial charge is 0.416 e. The lowest BCUT2D eigenvalue weighted by Gasteiger charge is -2.19. The predicted octanol–water partition coefficient (Wildman–Crippen LogP) is 3.55. The van der Waals surface area contributed by atoms with Crippen molar-refractivity contribution in [1.82, 2.24) is 10.7 Å². The van der Waals surface area contributed by atoms with Gasteiger partial charge in [0.15, 0.2) is 0 Å². The Balaban J connectivity index is 1.76. The maximum Gasteiger partial charge on any atom is 0.416 e. The van der Waals surface area contributed by atoms with Gasteiger partial charge in [0.2, 0.25) is 5.91 Å². The van der Waals surface area contributed by atoms with Crippen molar-refractivity contribution in [2.45, 2.75) is 82.4 Å². The van der Waals surface area contributed by atoms with Crippen LogP contribution >= 0.6 is 0 Å². The summed E-state index contributed by atoms with van der Waals surface area (Å²) in [4.78, 5) is 16.3. The SMILES string of the molecule is CC(CON(O)O)NC(=O)CCC/C=C\C[C@@H]1[C@@H](/C=C/[C@@H](O)CCc2cccc(C(F)(F)F)c2)[C@H](O)C[C@@H]1O. The molecule has 1 aliphatic carbocycles. The first kappa shape index (κ1) is 32.9. The van der Waals surface area contributed by atoms with Gasteiger partial charge in [0.05, 0.1) is 41.9 Å². The molecule has 6 N–H and O–H groups in total. The number of halogens is 3. The van der Waals surface area contributed by atoms with Crippen molar-refractivity contribution in [3.05, 3.63) is 59.7 Å². The maximum atomic E-state index is 12.9. The third-order valence-electron chi connectivity index (χ3n) is 6.65. The molecule has 1 aromatic carbocycles. The number of hydrogen-bond donors (Lipinski definition) is 6. The number of carbonyl (C=O) groups excluding carboxylic acids is 1. The van der Waals surface area contributed by atoms with E-state index in [1.165, 1.54) is 12.1 Å². The molecule has 1 unspecified atom stereocenters. The summed E-state index contributed by atoms with van der Waals surface area (Å²) in [6.45, 7) is 1.56. The number of alkyl halides is 3. The molecule has 1 fully saturated rings. The highest BCUT2D eigenvalue weighted by molar-refractivity contribution is 5.76. The van der Waals surface area contributed by atoms with E-state index in [0.717, 1.165) is 12.1 Å². The third kappa shape index (κ3) is 12.2. The van der Waals surface area contributed by atoms with E-state index in [9.17, 15) is 33.3 Å². The Morgan fingerprint density at radius 2 is 1.97 bits per heavy atom. The van der Waals surface area contributed by atoms with E-state index in [0.29, 0.717) is 24.8 Å². The molecule has 0 spiro atoms. The van der Waals surface area contributed by atoms with E-state index in [2.05, 4.69) is 10.2 Å². The minimum absolute atomic E-state index is 0.101. The van der Waals surface area contributed by atoms with Crippen molar-refractivity contribution >= 4 is 5.91 Å². The lowest BCUT2D eigenvalue weighted by atomic mass is 9.89. The van der Waals surface area contributed by atoms with Crippen LogP contribution < -0.4 is 5.32 Å². The zero-order valence-corrected chi connectivity index (χ0v) is 21.9. The zero-order chi connectivity index (χ0) is 29.0. The Morgan fingerprint density at radius 1 is 1.23 bits per heavy atom. The summed E-state index contributed by atoms with van der Waals surface area (Å²) in [7, 11) is 0. The summed E-state index contributed by atoms with van der Waals surface area (Å²) < 4.78 is 38.7. The molecule has 9 nitrogen and oxygen atoms in total. The van der Waals surface area contributed by atoms with Crippen LogP contribution in [0.15, 0.2) is 48.6 Å². The Kier molecular flexibility index (Phi) is 13.5. The number of aliphatic hydroxyl groups is 3. The molecule has 0 aromatic heterocycles. The number of aliphatic hydroxyl groups excluding tert-OH is 3. The first-order valence-corrected chi connectivity index (χ1v) is 13.0. The van der Waals surface area contributed by atoms with Crippen molar-refractivity contribution in [3.8, 4) is 0 Å². The third-order valence-corrected chi connectivity index (χ3v) is 6.65. The van der Waals surface area contributed by atoms with Crippen molar-refractivity contribution in [2.75, 3.05) is 6.61 Å². The van der Waals surface area contributed by atoms with Gasteiger partial charge in [-0.15, -0.1) is 0 Å². The number of allylic oxidation sites excluding steroid dienone is 2. The molecule has 2 rings (SSSR count). The molecule has 12 heteroatoms. The second-order valence-electron chi connectivity index (χ2n) is 9.92. The van der Waals surface area contributed by atoms with Crippen LogP contribution in [0.25, 0.3) is 0 Å². The van der Waals surface area contributed by atoms with Crippen LogP contribution in [-0.4, -0.2) is 68.0 Å². The van der Waals surface area contributed by atoms with Crippen molar-refractivity contribution in [3.63, 3.8) is 0 Å². The summed E-state index contributed by atoms with van der Waals surface area (Å²) in [5.41, 5.74) is -0.261. The lowest BCUT2D eigenvalue weighted by molar-refractivity contribution is -0.493. The first-order valence-electron chi connectivity index (χ1n) is 13.0. The normalized spacial score (nSPS) is 23.6. The Labute approximate surface area is 226 Å². The van der Waals surface area contributed by atoms with Gasteiger partial charge in [-0.3, -0.25) is 15.2 Å². The number of nitrogens with one attached hydrogen (secondary N) is 1. The molecule has 0 bridgehead atoms. The highest BCUT2D eigenvalue weighted by Crippen LogP contribution is 2.36. The average Bonchev–Trinajstić information content (AvgIpc) is 3.13. The van der Waals surface area contributed by atoms with Crippen LogP contribution in [0.3, 0.4) is 0 Å². The molecule has 39 heavy (non-hydrogen) atoms. The van der Waals surface area contributed by atoms with E-state index in [1.807, 2.05) is 12.2 Å². The van der Waals surface area contributed by atoms with Gasteiger partial charge < -0.3 is 20.6 Å². The predicted molar refractivity (Wildman–Crippen MR) is 135 cm³/mol. The Bertz CT molecular complexity index is 942. The van der Waals surface area contributed by atoms with E-state index >= 15 is 0 Å². The molecule has 220 valence electrons. The van der Waals surface area contributed by atoms with Crippen LogP contribution in [-0.2, 0) is 22.2 Å². The Morgan fingerprint density at radius 3 is 2.67 bits per heavy atom. The molecule has 1 aromatic rings. The fourth-order valence-corrected chi connectivity index (χ4v) is 4.60. The number of rotatable bonds is 15. The maximum absolute atomic E-state index is 12.9. The van der Waals surface area contributed by atoms with Crippen LogP contribution in [0.1, 0.15) is 56.6 Å². The van der Waals surface area contributed by atoms with E-state index < -0.39 is 41.5 Å². The quantitative estimate of drug-likeness (QED) is 0.109. The number of benzene rings is 1. The Hall–Kier alpha value is -2.32. The van der Waals surface area contributed by atoms with E-state index in [-0.39, 0.29) is 50.0 Å². The van der Waals surface area contributed by atoms with Gasteiger partial charge in [-0.05, 0) is 56.6 Å². The lowest BCUT2D eigenvalue weighted by Crippen LogP contribution is -2.37. The van der Waals surface area contributed by atoms with Gasteiger partial charge in [-0.25, -0.2) is 4.84 Å². The van der Waals surface area contributed by atoms with Crippen LogP contribution in [0.4, 0.5) is 13.2 Å². The summed E-state index contributed by atoms with van der Waals surface area (Å²) in [6.07, 6.45) is 2.82.